The highest BCUT2D eigenvalue weighted by atomic mass is 16.7. The summed E-state index contributed by atoms with van der Waals surface area (Å²) < 4.78 is 16.7. The van der Waals surface area contributed by atoms with E-state index >= 15 is 0 Å². The van der Waals surface area contributed by atoms with E-state index in [0.29, 0.717) is 40.7 Å². The third kappa shape index (κ3) is 4.45. The normalized spacial score (nSPS) is 16.0. The zero-order chi connectivity index (χ0) is 22.8. The van der Waals surface area contributed by atoms with Crippen LogP contribution >= 0.6 is 0 Å². The number of aromatic nitrogens is 1. The molecule has 3 aromatic rings. The summed E-state index contributed by atoms with van der Waals surface area (Å²) in [6, 6.07) is 14.5. The van der Waals surface area contributed by atoms with Crippen LogP contribution in [0.15, 0.2) is 54.7 Å². The molecule has 1 aliphatic carbocycles. The molecule has 2 amide bonds. The first-order valence-corrected chi connectivity index (χ1v) is 10.8. The van der Waals surface area contributed by atoms with Gasteiger partial charge in [0.05, 0.1) is 0 Å². The molecule has 0 radical (unpaired) electrons. The lowest BCUT2D eigenvalue weighted by Crippen LogP contribution is -2.38. The van der Waals surface area contributed by atoms with Gasteiger partial charge < -0.3 is 24.8 Å². The van der Waals surface area contributed by atoms with Gasteiger partial charge in [0.1, 0.15) is 17.2 Å². The summed E-state index contributed by atoms with van der Waals surface area (Å²) in [6.07, 6.45) is 3.99. The summed E-state index contributed by atoms with van der Waals surface area (Å²) in [5.41, 5.74) is 3.22. The van der Waals surface area contributed by atoms with Gasteiger partial charge in [-0.1, -0.05) is 6.07 Å². The first-order chi connectivity index (χ1) is 16.1. The van der Waals surface area contributed by atoms with Gasteiger partial charge in [-0.25, -0.2) is 0 Å². The summed E-state index contributed by atoms with van der Waals surface area (Å²) in [7, 11) is 1.56. The van der Waals surface area contributed by atoms with Crippen LogP contribution in [0.4, 0.5) is 0 Å². The Bertz CT molecular complexity index is 1230. The molecule has 0 saturated carbocycles. The molecule has 0 bridgehead atoms. The summed E-state index contributed by atoms with van der Waals surface area (Å²) >= 11 is 0. The Kier molecular flexibility index (Phi) is 5.56. The van der Waals surface area contributed by atoms with E-state index in [9.17, 15) is 9.59 Å². The molecule has 5 rings (SSSR count). The smallest absolute Gasteiger partial charge is 0.269 e. The fourth-order valence-electron chi connectivity index (χ4n) is 4.09. The minimum Gasteiger partial charge on any atom is -0.457 e. The average Bonchev–Trinajstić information content (AvgIpc) is 3.31. The number of benzene rings is 2. The molecule has 2 aromatic carbocycles. The number of amides is 2. The molecule has 2 heterocycles. The number of ether oxygens (including phenoxy) is 3. The Balaban J connectivity index is 1.27. The predicted octanol–water partition coefficient (Wildman–Crippen LogP) is 3.25. The molecule has 1 aliphatic heterocycles. The fraction of sp³-hybridized carbons (Fsp3) is 0.240. The Hall–Kier alpha value is -4.07. The first-order valence-electron chi connectivity index (χ1n) is 10.8. The van der Waals surface area contributed by atoms with Gasteiger partial charge in [-0.15, -0.1) is 0 Å². The van der Waals surface area contributed by atoms with E-state index in [-0.39, 0.29) is 24.6 Å². The number of nitrogens with zero attached hydrogens (tertiary/aromatic N) is 1. The van der Waals surface area contributed by atoms with Crippen LogP contribution in [0.2, 0.25) is 0 Å². The molecular weight excluding hydrogens is 422 g/mol. The van der Waals surface area contributed by atoms with Gasteiger partial charge in [0, 0.05) is 30.9 Å². The van der Waals surface area contributed by atoms with Crippen LogP contribution < -0.4 is 24.8 Å². The maximum atomic E-state index is 12.8. The van der Waals surface area contributed by atoms with Crippen molar-refractivity contribution in [3.63, 3.8) is 0 Å². The maximum Gasteiger partial charge on any atom is 0.269 e. The predicted molar refractivity (Wildman–Crippen MR) is 120 cm³/mol. The van der Waals surface area contributed by atoms with Crippen molar-refractivity contribution in [2.24, 2.45) is 0 Å². The largest absolute Gasteiger partial charge is 0.457 e. The highest BCUT2D eigenvalue weighted by Gasteiger charge is 2.23. The number of hydrogen-bond donors (Lipinski definition) is 2. The second-order valence-corrected chi connectivity index (χ2v) is 7.97. The zero-order valence-electron chi connectivity index (χ0n) is 18.1. The summed E-state index contributed by atoms with van der Waals surface area (Å²) in [5.74, 6) is 2.05. The van der Waals surface area contributed by atoms with Gasteiger partial charge in [-0.3, -0.25) is 14.6 Å². The van der Waals surface area contributed by atoms with E-state index in [1.807, 2.05) is 12.1 Å². The van der Waals surface area contributed by atoms with Crippen molar-refractivity contribution in [3.8, 4) is 23.0 Å². The average molecular weight is 445 g/mol. The van der Waals surface area contributed by atoms with E-state index in [1.54, 1.807) is 43.6 Å². The summed E-state index contributed by atoms with van der Waals surface area (Å²) in [4.78, 5) is 28.6. The summed E-state index contributed by atoms with van der Waals surface area (Å²) in [5, 5.41) is 5.69. The van der Waals surface area contributed by atoms with E-state index in [1.165, 1.54) is 5.56 Å². The number of hydrogen-bond acceptors (Lipinski definition) is 6. The molecule has 1 aromatic heterocycles. The Morgan fingerprint density at radius 3 is 2.70 bits per heavy atom. The molecule has 8 heteroatoms. The highest BCUT2D eigenvalue weighted by molar-refractivity contribution is 5.95. The van der Waals surface area contributed by atoms with E-state index < -0.39 is 0 Å². The van der Waals surface area contributed by atoms with Crippen molar-refractivity contribution in [1.29, 1.82) is 0 Å². The third-order valence-corrected chi connectivity index (χ3v) is 5.80. The van der Waals surface area contributed by atoms with Gasteiger partial charge in [0.25, 0.3) is 11.8 Å². The Morgan fingerprint density at radius 2 is 1.82 bits per heavy atom. The Labute approximate surface area is 190 Å². The SMILES string of the molecule is CNC(=O)c1cc(Oc2ccc3c(c2)CC(NC(=O)c2ccc4c(c2)OCO4)CC3)ccn1. The molecule has 33 heavy (non-hydrogen) atoms. The van der Waals surface area contributed by atoms with Gasteiger partial charge in [-0.2, -0.15) is 0 Å². The van der Waals surface area contributed by atoms with E-state index in [4.69, 9.17) is 14.2 Å². The first kappa shape index (κ1) is 20.8. The van der Waals surface area contributed by atoms with Crippen LogP contribution in [0.25, 0.3) is 0 Å². The lowest BCUT2D eigenvalue weighted by Gasteiger charge is -2.26. The van der Waals surface area contributed by atoms with Crippen LogP contribution in [-0.4, -0.2) is 36.7 Å². The molecule has 2 aliphatic rings. The van der Waals surface area contributed by atoms with E-state index in [0.717, 1.165) is 18.4 Å². The molecule has 0 saturated heterocycles. The lowest BCUT2D eigenvalue weighted by molar-refractivity contribution is 0.0930. The number of pyridine rings is 1. The molecule has 8 nitrogen and oxygen atoms in total. The van der Waals surface area contributed by atoms with Gasteiger partial charge >= 0.3 is 0 Å². The molecule has 2 N–H and O–H groups in total. The second kappa shape index (κ2) is 8.82. The third-order valence-electron chi connectivity index (χ3n) is 5.80. The maximum absolute atomic E-state index is 12.8. The van der Waals surface area contributed by atoms with Crippen LogP contribution in [-0.2, 0) is 12.8 Å². The molecule has 0 spiro atoms. The monoisotopic (exact) mass is 445 g/mol. The number of aryl methyl sites for hydroxylation is 1. The van der Waals surface area contributed by atoms with Gasteiger partial charge in [-0.05, 0) is 66.8 Å². The quantitative estimate of drug-likeness (QED) is 0.626. The molecule has 168 valence electrons. The van der Waals surface area contributed by atoms with Crippen LogP contribution in [0.3, 0.4) is 0 Å². The van der Waals surface area contributed by atoms with Crippen LogP contribution in [0.5, 0.6) is 23.0 Å². The number of nitrogens with one attached hydrogen (secondary N) is 2. The summed E-state index contributed by atoms with van der Waals surface area (Å²) in [6.45, 7) is 0.177. The van der Waals surface area contributed by atoms with Crippen molar-refractivity contribution in [1.82, 2.24) is 15.6 Å². The van der Waals surface area contributed by atoms with Gasteiger partial charge in [0.2, 0.25) is 6.79 Å². The van der Waals surface area contributed by atoms with Crippen molar-refractivity contribution in [2.45, 2.75) is 25.3 Å². The number of carbonyl (C=O) groups is 2. The number of carbonyl (C=O) groups excluding carboxylic acids is 2. The molecule has 1 unspecified atom stereocenters. The standard InChI is InChI=1S/C25H23N3O5/c1-26-25(30)21-13-20(8-9-27-21)33-19-6-3-15-2-5-18(10-17(15)11-19)28-24(29)16-4-7-22-23(12-16)32-14-31-22/h3-4,6-9,11-13,18H,2,5,10,14H2,1H3,(H,26,30)(H,28,29). The lowest BCUT2D eigenvalue weighted by atomic mass is 9.88. The van der Waals surface area contributed by atoms with Crippen LogP contribution in [0, 0.1) is 0 Å². The van der Waals surface area contributed by atoms with Crippen molar-refractivity contribution >= 4 is 11.8 Å². The van der Waals surface area contributed by atoms with Gasteiger partial charge in [0.15, 0.2) is 11.5 Å². The van der Waals surface area contributed by atoms with Crippen molar-refractivity contribution in [3.05, 3.63) is 77.1 Å². The van der Waals surface area contributed by atoms with Crippen LogP contribution in [0.1, 0.15) is 38.4 Å². The molecule has 1 atom stereocenters. The van der Waals surface area contributed by atoms with E-state index in [2.05, 4.69) is 21.7 Å². The molecular formula is C25H23N3O5. The second-order valence-electron chi connectivity index (χ2n) is 7.97. The topological polar surface area (TPSA) is 98.8 Å². The fourth-order valence-corrected chi connectivity index (χ4v) is 4.09. The molecule has 0 fully saturated rings. The highest BCUT2D eigenvalue weighted by Crippen LogP contribution is 2.33. The Morgan fingerprint density at radius 1 is 0.970 bits per heavy atom. The minimum atomic E-state index is -0.271. The number of rotatable bonds is 5. The number of fused-ring (bicyclic) bond motifs is 2. The minimum absolute atomic E-state index is 0.0199. The zero-order valence-corrected chi connectivity index (χ0v) is 18.1. The van der Waals surface area contributed by atoms with Crippen molar-refractivity contribution < 1.29 is 23.8 Å². The van der Waals surface area contributed by atoms with Crippen molar-refractivity contribution in [2.75, 3.05) is 13.8 Å².